The molecule has 0 atom stereocenters. The zero-order chi connectivity index (χ0) is 11.1. The molecule has 1 aromatic rings. The van der Waals surface area contributed by atoms with E-state index in [0.29, 0.717) is 6.54 Å². The Balaban J connectivity index is 2.13. The van der Waals surface area contributed by atoms with E-state index in [-0.39, 0.29) is 5.91 Å². The molecule has 0 saturated carbocycles. The van der Waals surface area contributed by atoms with Crippen LogP contribution in [0.5, 0.6) is 0 Å². The average molecular weight is 291 g/mol. The first kappa shape index (κ1) is 12.7. The number of thiophene rings is 1. The van der Waals surface area contributed by atoms with Crippen molar-refractivity contribution >= 4 is 33.2 Å². The molecule has 84 valence electrons. The summed E-state index contributed by atoms with van der Waals surface area (Å²) < 4.78 is 1.12. The summed E-state index contributed by atoms with van der Waals surface area (Å²) in [6.07, 6.45) is 0.976. The van der Waals surface area contributed by atoms with E-state index in [4.69, 9.17) is 0 Å². The van der Waals surface area contributed by atoms with Gasteiger partial charge in [0.2, 0.25) is 5.91 Å². The van der Waals surface area contributed by atoms with Crippen LogP contribution >= 0.6 is 27.3 Å². The van der Waals surface area contributed by atoms with E-state index in [1.165, 1.54) is 4.88 Å². The molecule has 1 rings (SSSR count). The van der Waals surface area contributed by atoms with E-state index in [1.54, 1.807) is 11.3 Å². The van der Waals surface area contributed by atoms with Crippen LogP contribution in [-0.4, -0.2) is 19.0 Å². The van der Waals surface area contributed by atoms with Crippen molar-refractivity contribution in [3.8, 4) is 0 Å². The number of carbonyl (C=O) groups is 1. The van der Waals surface area contributed by atoms with Gasteiger partial charge >= 0.3 is 0 Å². The maximum Gasteiger partial charge on any atom is 0.233 e. The number of carbonyl (C=O) groups excluding carboxylic acids is 1. The summed E-state index contributed by atoms with van der Waals surface area (Å²) in [6.45, 7) is 3.92. The van der Waals surface area contributed by atoms with Crippen LogP contribution in [0.3, 0.4) is 0 Å². The zero-order valence-corrected chi connectivity index (χ0v) is 11.1. The van der Waals surface area contributed by atoms with Gasteiger partial charge in [-0.25, -0.2) is 0 Å². The summed E-state index contributed by atoms with van der Waals surface area (Å²) in [5.41, 5.74) is 0. The first-order chi connectivity index (χ1) is 7.22. The monoisotopic (exact) mass is 290 g/mol. The minimum atomic E-state index is 0.0625. The van der Waals surface area contributed by atoms with Gasteiger partial charge in [0.25, 0.3) is 0 Å². The Morgan fingerprint density at radius 2 is 2.33 bits per heavy atom. The summed E-state index contributed by atoms with van der Waals surface area (Å²) >= 11 is 5.08. The fourth-order valence-corrected chi connectivity index (χ4v) is 2.53. The Labute approximate surface area is 102 Å². The minimum absolute atomic E-state index is 0.0625. The topological polar surface area (TPSA) is 41.1 Å². The molecule has 0 aliphatic rings. The highest BCUT2D eigenvalue weighted by Gasteiger charge is 2.00. The summed E-state index contributed by atoms with van der Waals surface area (Å²) in [7, 11) is 0. The van der Waals surface area contributed by atoms with Gasteiger partial charge in [-0.15, -0.1) is 11.3 Å². The van der Waals surface area contributed by atoms with E-state index in [0.717, 1.165) is 23.3 Å². The van der Waals surface area contributed by atoms with Gasteiger partial charge in [-0.3, -0.25) is 4.79 Å². The number of hydrogen-bond acceptors (Lipinski definition) is 3. The van der Waals surface area contributed by atoms with Crippen LogP contribution in [0.4, 0.5) is 0 Å². The lowest BCUT2D eigenvalue weighted by atomic mass is 10.4. The molecular formula is C10H15BrN2OS. The Morgan fingerprint density at radius 1 is 1.53 bits per heavy atom. The molecule has 0 bridgehead atoms. The Bertz CT molecular complexity index is 314. The number of amides is 1. The van der Waals surface area contributed by atoms with Crippen molar-refractivity contribution in [1.82, 2.24) is 10.6 Å². The lowest BCUT2D eigenvalue weighted by molar-refractivity contribution is -0.120. The molecule has 3 nitrogen and oxygen atoms in total. The van der Waals surface area contributed by atoms with Crippen molar-refractivity contribution in [3.05, 3.63) is 20.8 Å². The molecular weight excluding hydrogens is 276 g/mol. The summed E-state index contributed by atoms with van der Waals surface area (Å²) in [5.74, 6) is 0.0625. The molecule has 0 aromatic carbocycles. The Morgan fingerprint density at radius 3 is 2.93 bits per heavy atom. The van der Waals surface area contributed by atoms with Gasteiger partial charge in [-0.1, -0.05) is 6.92 Å². The number of nitrogens with one attached hydrogen (secondary N) is 2. The highest BCUT2D eigenvalue weighted by Crippen LogP contribution is 2.21. The average Bonchev–Trinajstić information content (AvgIpc) is 2.61. The smallest absolute Gasteiger partial charge is 0.233 e. The van der Waals surface area contributed by atoms with Crippen LogP contribution in [0.2, 0.25) is 0 Å². The Kier molecular flexibility index (Phi) is 5.90. The van der Waals surface area contributed by atoms with Gasteiger partial charge in [0.1, 0.15) is 0 Å². The highest BCUT2D eigenvalue weighted by molar-refractivity contribution is 9.11. The van der Waals surface area contributed by atoms with Crippen LogP contribution in [0.25, 0.3) is 0 Å². The standard InChI is InChI=1S/C10H15BrN2OS/c1-2-5-13-10(14)7-12-6-8-3-4-9(11)15-8/h3-4,12H,2,5-7H2,1H3,(H,13,14). The molecule has 2 N–H and O–H groups in total. The predicted octanol–water partition coefficient (Wildman–Crippen LogP) is 2.13. The quantitative estimate of drug-likeness (QED) is 0.843. The van der Waals surface area contributed by atoms with E-state index in [1.807, 2.05) is 19.1 Å². The molecule has 1 aromatic heterocycles. The van der Waals surface area contributed by atoms with Gasteiger partial charge in [-0.05, 0) is 34.5 Å². The first-order valence-corrected chi connectivity index (χ1v) is 6.55. The van der Waals surface area contributed by atoms with Gasteiger partial charge in [0.15, 0.2) is 0 Å². The molecule has 0 fully saturated rings. The minimum Gasteiger partial charge on any atom is -0.355 e. The second-order valence-corrected chi connectivity index (χ2v) is 5.71. The van der Waals surface area contributed by atoms with Crippen molar-refractivity contribution in [2.24, 2.45) is 0 Å². The van der Waals surface area contributed by atoms with E-state index in [2.05, 4.69) is 26.6 Å². The third-order valence-electron chi connectivity index (χ3n) is 1.79. The molecule has 0 aliphatic heterocycles. The summed E-state index contributed by atoms with van der Waals surface area (Å²) in [6, 6.07) is 4.06. The molecule has 15 heavy (non-hydrogen) atoms. The van der Waals surface area contributed by atoms with Crippen molar-refractivity contribution < 1.29 is 4.79 Å². The Hall–Kier alpha value is -0.390. The number of hydrogen-bond donors (Lipinski definition) is 2. The lowest BCUT2D eigenvalue weighted by Crippen LogP contribution is -2.33. The third kappa shape index (κ3) is 5.30. The summed E-state index contributed by atoms with van der Waals surface area (Å²) in [5, 5.41) is 5.92. The summed E-state index contributed by atoms with van der Waals surface area (Å²) in [4.78, 5) is 12.4. The largest absolute Gasteiger partial charge is 0.355 e. The van der Waals surface area contributed by atoms with Crippen molar-refractivity contribution in [2.75, 3.05) is 13.1 Å². The van der Waals surface area contributed by atoms with Crippen LogP contribution in [-0.2, 0) is 11.3 Å². The third-order valence-corrected chi connectivity index (χ3v) is 3.41. The maximum atomic E-state index is 11.2. The molecule has 0 aliphatic carbocycles. The van der Waals surface area contributed by atoms with Gasteiger partial charge in [0, 0.05) is 18.0 Å². The van der Waals surface area contributed by atoms with Crippen molar-refractivity contribution in [3.63, 3.8) is 0 Å². The van der Waals surface area contributed by atoms with Crippen LogP contribution in [0, 0.1) is 0 Å². The number of halogens is 1. The molecule has 0 radical (unpaired) electrons. The highest BCUT2D eigenvalue weighted by atomic mass is 79.9. The van der Waals surface area contributed by atoms with Crippen LogP contribution < -0.4 is 10.6 Å². The second-order valence-electron chi connectivity index (χ2n) is 3.16. The molecule has 0 saturated heterocycles. The van der Waals surface area contributed by atoms with Crippen molar-refractivity contribution in [1.29, 1.82) is 0 Å². The lowest BCUT2D eigenvalue weighted by Gasteiger charge is -2.04. The van der Waals surface area contributed by atoms with Crippen molar-refractivity contribution in [2.45, 2.75) is 19.9 Å². The van der Waals surface area contributed by atoms with E-state index in [9.17, 15) is 4.79 Å². The van der Waals surface area contributed by atoms with Crippen LogP contribution in [0.1, 0.15) is 18.2 Å². The van der Waals surface area contributed by atoms with E-state index < -0.39 is 0 Å². The molecule has 1 heterocycles. The fourth-order valence-electron chi connectivity index (χ4n) is 1.07. The van der Waals surface area contributed by atoms with Gasteiger partial charge in [-0.2, -0.15) is 0 Å². The van der Waals surface area contributed by atoms with Gasteiger partial charge in [0.05, 0.1) is 10.3 Å². The molecule has 5 heteroatoms. The maximum absolute atomic E-state index is 11.2. The molecule has 0 spiro atoms. The molecule has 0 unspecified atom stereocenters. The predicted molar refractivity (Wildman–Crippen MR) is 67.0 cm³/mol. The van der Waals surface area contributed by atoms with Crippen LogP contribution in [0.15, 0.2) is 15.9 Å². The van der Waals surface area contributed by atoms with E-state index >= 15 is 0 Å². The normalized spacial score (nSPS) is 10.3. The number of rotatable bonds is 6. The first-order valence-electron chi connectivity index (χ1n) is 4.94. The zero-order valence-electron chi connectivity index (χ0n) is 8.68. The fraction of sp³-hybridized carbons (Fsp3) is 0.500. The van der Waals surface area contributed by atoms with Gasteiger partial charge < -0.3 is 10.6 Å². The molecule has 1 amide bonds. The SMILES string of the molecule is CCCNC(=O)CNCc1ccc(Br)s1. The second kappa shape index (κ2) is 6.98.